The molecule has 3 N–H and O–H groups in total. The van der Waals surface area contributed by atoms with E-state index in [1.807, 2.05) is 13.0 Å². The third kappa shape index (κ3) is 6.01. The molecule has 0 spiro atoms. The number of amides is 1. The lowest BCUT2D eigenvalue weighted by atomic mass is 9.94. The van der Waals surface area contributed by atoms with Crippen LogP contribution in [0.4, 0.5) is 5.82 Å². The highest BCUT2D eigenvalue weighted by Crippen LogP contribution is 2.19. The maximum absolute atomic E-state index is 11.9. The lowest BCUT2D eigenvalue weighted by Gasteiger charge is -2.14. The molecule has 0 saturated heterocycles. The highest BCUT2D eigenvalue weighted by molar-refractivity contribution is 9.10. The molecule has 0 aliphatic rings. The number of aryl methyl sites for hydroxylation is 1. The second-order valence-corrected chi connectivity index (χ2v) is 5.94. The molecule has 0 saturated carbocycles. The van der Waals surface area contributed by atoms with Gasteiger partial charge in [-0.25, -0.2) is 4.98 Å². The van der Waals surface area contributed by atoms with Crippen molar-refractivity contribution in [2.75, 3.05) is 11.9 Å². The maximum atomic E-state index is 11.9. The van der Waals surface area contributed by atoms with E-state index in [-0.39, 0.29) is 5.91 Å². The summed E-state index contributed by atoms with van der Waals surface area (Å²) in [7, 11) is 0. The molecule has 1 aromatic rings. The second kappa shape index (κ2) is 9.08. The minimum absolute atomic E-state index is 0.0253. The quantitative estimate of drug-likeness (QED) is 0.758. The van der Waals surface area contributed by atoms with Gasteiger partial charge in [0, 0.05) is 10.9 Å². The fraction of sp³-hybridized carbons (Fsp3) is 0.600. The number of rotatable bonds is 8. The van der Waals surface area contributed by atoms with Gasteiger partial charge in [-0.1, -0.05) is 19.8 Å². The lowest BCUT2D eigenvalue weighted by molar-refractivity contribution is -0.116. The molecule has 1 unspecified atom stereocenters. The lowest BCUT2D eigenvalue weighted by Crippen LogP contribution is -2.16. The summed E-state index contributed by atoms with van der Waals surface area (Å²) >= 11 is 3.39. The number of pyridine rings is 1. The Bertz CT molecular complexity index is 431. The van der Waals surface area contributed by atoms with Crippen molar-refractivity contribution < 1.29 is 4.79 Å². The first-order chi connectivity index (χ1) is 9.56. The van der Waals surface area contributed by atoms with E-state index in [1.165, 1.54) is 0 Å². The summed E-state index contributed by atoms with van der Waals surface area (Å²) in [6.07, 6.45) is 4.70. The van der Waals surface area contributed by atoms with Crippen molar-refractivity contribution in [1.82, 2.24) is 4.98 Å². The molecule has 0 aliphatic heterocycles. The summed E-state index contributed by atoms with van der Waals surface area (Å²) in [5.74, 6) is 1.19. The molecule has 1 atom stereocenters. The van der Waals surface area contributed by atoms with E-state index in [0.29, 0.717) is 24.7 Å². The molecule has 1 aromatic heterocycles. The normalized spacial score (nSPS) is 12.2. The zero-order valence-electron chi connectivity index (χ0n) is 12.3. The minimum atomic E-state index is 0.0253. The molecule has 0 bridgehead atoms. The van der Waals surface area contributed by atoms with Crippen LogP contribution in [0.2, 0.25) is 0 Å². The number of aromatic nitrogens is 1. The fourth-order valence-electron chi connectivity index (χ4n) is 2.23. The molecule has 112 valence electrons. The molecule has 1 amide bonds. The topological polar surface area (TPSA) is 68.0 Å². The van der Waals surface area contributed by atoms with Crippen molar-refractivity contribution in [3.05, 3.63) is 22.3 Å². The molecule has 0 fully saturated rings. The van der Waals surface area contributed by atoms with Crippen LogP contribution in [0.5, 0.6) is 0 Å². The van der Waals surface area contributed by atoms with Crippen LogP contribution in [0.25, 0.3) is 0 Å². The predicted molar refractivity (Wildman–Crippen MR) is 86.6 cm³/mol. The zero-order chi connectivity index (χ0) is 15.0. The van der Waals surface area contributed by atoms with Crippen LogP contribution in [0.3, 0.4) is 0 Å². The van der Waals surface area contributed by atoms with Gasteiger partial charge in [0.05, 0.1) is 5.69 Å². The number of anilines is 1. The molecular weight excluding hydrogens is 318 g/mol. The van der Waals surface area contributed by atoms with Gasteiger partial charge in [0.15, 0.2) is 0 Å². The average Bonchev–Trinajstić information content (AvgIpc) is 2.41. The van der Waals surface area contributed by atoms with Gasteiger partial charge in [-0.3, -0.25) is 4.79 Å². The van der Waals surface area contributed by atoms with Gasteiger partial charge in [0.25, 0.3) is 0 Å². The van der Waals surface area contributed by atoms with Crippen LogP contribution in [0.15, 0.2) is 16.6 Å². The Balaban J connectivity index is 2.44. The van der Waals surface area contributed by atoms with Gasteiger partial charge in [-0.05, 0) is 60.3 Å². The van der Waals surface area contributed by atoms with Crippen molar-refractivity contribution in [2.45, 2.75) is 46.0 Å². The van der Waals surface area contributed by atoms with Crippen LogP contribution in [-0.4, -0.2) is 17.4 Å². The number of carbonyl (C=O) groups excluding carboxylic acids is 1. The molecule has 5 heteroatoms. The molecule has 0 radical (unpaired) electrons. The van der Waals surface area contributed by atoms with E-state index < -0.39 is 0 Å². The SMILES string of the molecule is CCCC(CCN)CCC(=O)Nc1ccc(Br)c(C)n1. The van der Waals surface area contributed by atoms with Gasteiger partial charge >= 0.3 is 0 Å². The molecule has 0 aromatic carbocycles. The first kappa shape index (κ1) is 17.1. The van der Waals surface area contributed by atoms with Gasteiger partial charge in [-0.15, -0.1) is 0 Å². The number of carbonyl (C=O) groups is 1. The van der Waals surface area contributed by atoms with Gasteiger partial charge in [0.2, 0.25) is 5.91 Å². The Morgan fingerprint density at radius 3 is 2.75 bits per heavy atom. The Kier molecular flexibility index (Phi) is 7.77. The van der Waals surface area contributed by atoms with Gasteiger partial charge < -0.3 is 11.1 Å². The van der Waals surface area contributed by atoms with Crippen molar-refractivity contribution in [1.29, 1.82) is 0 Å². The van der Waals surface area contributed by atoms with E-state index in [9.17, 15) is 4.79 Å². The molecule has 0 aliphatic carbocycles. The van der Waals surface area contributed by atoms with Crippen LogP contribution in [0.1, 0.15) is 44.7 Å². The number of hydrogen-bond acceptors (Lipinski definition) is 3. The Labute approximate surface area is 129 Å². The second-order valence-electron chi connectivity index (χ2n) is 5.08. The molecule has 20 heavy (non-hydrogen) atoms. The number of hydrogen-bond donors (Lipinski definition) is 2. The number of nitrogens with zero attached hydrogens (tertiary/aromatic N) is 1. The Morgan fingerprint density at radius 2 is 2.15 bits per heavy atom. The third-order valence-electron chi connectivity index (χ3n) is 3.34. The van der Waals surface area contributed by atoms with Crippen molar-refractivity contribution >= 4 is 27.7 Å². The van der Waals surface area contributed by atoms with Gasteiger partial charge in [0.1, 0.15) is 5.82 Å². The van der Waals surface area contributed by atoms with Crippen LogP contribution >= 0.6 is 15.9 Å². The highest BCUT2D eigenvalue weighted by atomic mass is 79.9. The monoisotopic (exact) mass is 341 g/mol. The summed E-state index contributed by atoms with van der Waals surface area (Å²) in [5, 5.41) is 2.85. The van der Waals surface area contributed by atoms with E-state index >= 15 is 0 Å². The van der Waals surface area contributed by atoms with Crippen LogP contribution < -0.4 is 11.1 Å². The van der Waals surface area contributed by atoms with Crippen molar-refractivity contribution in [3.8, 4) is 0 Å². The first-order valence-corrected chi connectivity index (χ1v) is 7.99. The Hall–Kier alpha value is -0.940. The highest BCUT2D eigenvalue weighted by Gasteiger charge is 2.11. The number of nitrogens with one attached hydrogen (secondary N) is 1. The van der Waals surface area contributed by atoms with E-state index in [4.69, 9.17) is 5.73 Å². The maximum Gasteiger partial charge on any atom is 0.225 e. The zero-order valence-corrected chi connectivity index (χ0v) is 13.9. The van der Waals surface area contributed by atoms with Gasteiger partial charge in [-0.2, -0.15) is 0 Å². The summed E-state index contributed by atoms with van der Waals surface area (Å²) in [6.45, 7) is 4.76. The summed E-state index contributed by atoms with van der Waals surface area (Å²) in [5.41, 5.74) is 6.48. The first-order valence-electron chi connectivity index (χ1n) is 7.19. The van der Waals surface area contributed by atoms with Crippen LogP contribution in [0, 0.1) is 12.8 Å². The average molecular weight is 342 g/mol. The van der Waals surface area contributed by atoms with Crippen molar-refractivity contribution in [2.24, 2.45) is 11.7 Å². The third-order valence-corrected chi connectivity index (χ3v) is 4.18. The number of nitrogens with two attached hydrogens (primary N) is 1. The van der Waals surface area contributed by atoms with E-state index in [1.54, 1.807) is 6.07 Å². The van der Waals surface area contributed by atoms with E-state index in [0.717, 1.165) is 35.8 Å². The van der Waals surface area contributed by atoms with Crippen LogP contribution in [-0.2, 0) is 4.79 Å². The summed E-state index contributed by atoms with van der Waals surface area (Å²) < 4.78 is 0.946. The molecule has 1 rings (SSSR count). The summed E-state index contributed by atoms with van der Waals surface area (Å²) in [4.78, 5) is 16.2. The molecule has 4 nitrogen and oxygen atoms in total. The smallest absolute Gasteiger partial charge is 0.225 e. The standard InChI is InChI=1S/C15H24BrN3O/c1-3-4-12(9-10-17)5-8-15(20)19-14-7-6-13(16)11(2)18-14/h6-7,12H,3-5,8-10,17H2,1-2H3,(H,18,19,20). The van der Waals surface area contributed by atoms with E-state index in [2.05, 4.69) is 33.2 Å². The fourth-order valence-corrected chi connectivity index (χ4v) is 2.45. The number of halogens is 1. The molecule has 1 heterocycles. The largest absolute Gasteiger partial charge is 0.330 e. The summed E-state index contributed by atoms with van der Waals surface area (Å²) in [6, 6.07) is 3.70. The Morgan fingerprint density at radius 1 is 1.40 bits per heavy atom. The molecular formula is C15H24BrN3O. The predicted octanol–water partition coefficient (Wildman–Crippen LogP) is 3.64. The van der Waals surface area contributed by atoms with Crippen molar-refractivity contribution in [3.63, 3.8) is 0 Å². The minimum Gasteiger partial charge on any atom is -0.330 e.